The molecule has 1 saturated heterocycles. The molecule has 3 saturated carbocycles. The van der Waals surface area contributed by atoms with Crippen molar-refractivity contribution in [3.63, 3.8) is 0 Å². The summed E-state index contributed by atoms with van der Waals surface area (Å²) in [4.78, 5) is 39.8. The SMILES string of the molecule is CCCCc1nc2c(N)nc3cc(CCCN4CCN(C(=O)CCOCCOCCOCCOCCOCCOCCOCCOCCNC(=O)O[C@H]5CC[C@@]6(C)C(=CC[C@H]7[C@@H]8CC[C@H]([C@H](C)CCCC(C)C)[C@@]8(C)CC[C@@H]76)C5)CC4)ccc3c2n1CC(C)(CO)CO. The molecule has 1 aromatic carbocycles. The molecule has 526 valence electrons. The molecule has 0 unspecified atom stereocenters. The number of alkyl carbamates (subject to hydrolysis) is 1. The fourth-order valence-corrected chi connectivity index (χ4v) is 16.2. The van der Waals surface area contributed by atoms with E-state index in [-0.39, 0.29) is 36.7 Å². The van der Waals surface area contributed by atoms with Crippen molar-refractivity contribution in [1.82, 2.24) is 29.7 Å². The van der Waals surface area contributed by atoms with Gasteiger partial charge >= 0.3 is 6.09 Å². The van der Waals surface area contributed by atoms with Crippen LogP contribution in [-0.2, 0) is 66.8 Å². The Bertz CT molecular complexity index is 2730. The summed E-state index contributed by atoms with van der Waals surface area (Å²) in [5.41, 5.74) is 11.7. The van der Waals surface area contributed by atoms with Crippen molar-refractivity contribution in [2.24, 2.45) is 51.8 Å². The number of carbonyl (C=O) groups is 2. The molecule has 0 bridgehead atoms. The van der Waals surface area contributed by atoms with Gasteiger partial charge in [0.05, 0.1) is 136 Å². The van der Waals surface area contributed by atoms with Crippen molar-refractivity contribution in [3.05, 3.63) is 41.2 Å². The van der Waals surface area contributed by atoms with Crippen molar-refractivity contribution in [1.29, 1.82) is 0 Å². The lowest BCUT2D eigenvalue weighted by Gasteiger charge is -2.58. The van der Waals surface area contributed by atoms with Crippen LogP contribution in [0.4, 0.5) is 10.6 Å². The number of anilines is 1. The molecule has 4 aliphatic carbocycles. The van der Waals surface area contributed by atoms with Crippen molar-refractivity contribution in [2.45, 2.75) is 170 Å². The first kappa shape index (κ1) is 74.7. The van der Waals surface area contributed by atoms with E-state index in [4.69, 9.17) is 58.3 Å². The molecule has 1 aliphatic heterocycles. The average molecular weight is 1300 g/mol. The number of hydrogen-bond acceptors (Lipinski definition) is 17. The number of benzene rings is 1. The minimum absolute atomic E-state index is 0.0621. The molecule has 4 fully saturated rings. The van der Waals surface area contributed by atoms with Crippen LogP contribution < -0.4 is 11.1 Å². The molecule has 2 aromatic heterocycles. The number of aliphatic hydroxyl groups is 2. The number of allylic oxidation sites excluding steroid dienone is 1. The lowest BCUT2D eigenvalue weighted by Crippen LogP contribution is -2.51. The van der Waals surface area contributed by atoms with Gasteiger partial charge in [0.1, 0.15) is 17.4 Å². The smallest absolute Gasteiger partial charge is 0.407 e. The quantitative estimate of drug-likeness (QED) is 0.0304. The number of rotatable bonds is 44. The highest BCUT2D eigenvalue weighted by atomic mass is 16.6. The van der Waals surface area contributed by atoms with E-state index in [9.17, 15) is 19.8 Å². The molecule has 3 aromatic rings. The van der Waals surface area contributed by atoms with Gasteiger partial charge in [0.15, 0.2) is 5.82 Å². The second kappa shape index (κ2) is 38.2. The zero-order valence-corrected chi connectivity index (χ0v) is 58.2. The maximum absolute atomic E-state index is 12.9. The number of aromatic nitrogens is 3. The summed E-state index contributed by atoms with van der Waals surface area (Å²) in [6.45, 7) is 28.3. The van der Waals surface area contributed by atoms with Gasteiger partial charge in [-0.1, -0.05) is 97.9 Å². The number of ether oxygens (including phenoxy) is 9. The molecule has 3 heterocycles. The monoisotopic (exact) mass is 1300 g/mol. The molecule has 8 atom stereocenters. The van der Waals surface area contributed by atoms with Gasteiger partial charge in [-0.25, -0.2) is 14.8 Å². The van der Waals surface area contributed by atoms with E-state index in [1.54, 1.807) is 5.57 Å². The highest BCUT2D eigenvalue weighted by Crippen LogP contribution is 2.67. The lowest BCUT2D eigenvalue weighted by molar-refractivity contribution is -0.134. The third-order valence-electron chi connectivity index (χ3n) is 21.7. The first-order valence-corrected chi connectivity index (χ1v) is 36.1. The molecular weight excluding hydrogens is 1180 g/mol. The van der Waals surface area contributed by atoms with Crippen molar-refractivity contribution in [2.75, 3.05) is 164 Å². The molecule has 20 heteroatoms. The average Bonchev–Trinajstić information content (AvgIpc) is 1.71. The zero-order chi connectivity index (χ0) is 66.1. The molecule has 5 aliphatic rings. The Hall–Kier alpha value is -4.06. The number of amides is 2. The van der Waals surface area contributed by atoms with E-state index in [1.807, 2.05) is 11.8 Å². The zero-order valence-electron chi connectivity index (χ0n) is 58.2. The Morgan fingerprint density at radius 2 is 1.35 bits per heavy atom. The number of piperazine rings is 1. The van der Waals surface area contributed by atoms with Crippen LogP contribution in [0.25, 0.3) is 21.9 Å². The number of nitrogens with zero attached hydrogens (tertiary/aromatic N) is 5. The maximum atomic E-state index is 12.9. The van der Waals surface area contributed by atoms with E-state index in [1.165, 1.54) is 56.9 Å². The number of unbranched alkanes of at least 4 members (excludes halogenated alkanes) is 1. The summed E-state index contributed by atoms with van der Waals surface area (Å²) >= 11 is 0. The number of nitrogens with one attached hydrogen (secondary N) is 1. The molecule has 0 radical (unpaired) electrons. The molecule has 8 rings (SSSR count). The van der Waals surface area contributed by atoms with Gasteiger partial charge in [0.2, 0.25) is 5.91 Å². The number of hydrogen-bond donors (Lipinski definition) is 4. The number of nitrogen functional groups attached to an aromatic ring is 1. The topological polar surface area (TPSA) is 233 Å². The van der Waals surface area contributed by atoms with Crippen LogP contribution in [0.15, 0.2) is 29.8 Å². The van der Waals surface area contributed by atoms with E-state index in [0.29, 0.717) is 155 Å². The summed E-state index contributed by atoms with van der Waals surface area (Å²) in [7, 11) is 0. The minimum Gasteiger partial charge on any atom is -0.446 e. The minimum atomic E-state index is -0.708. The van der Waals surface area contributed by atoms with Crippen molar-refractivity contribution in [3.8, 4) is 0 Å². The Labute approximate surface area is 556 Å². The van der Waals surface area contributed by atoms with Gasteiger partial charge in [-0.15, -0.1) is 0 Å². The van der Waals surface area contributed by atoms with Crippen LogP contribution in [0.2, 0.25) is 0 Å². The first-order chi connectivity index (χ1) is 45.1. The van der Waals surface area contributed by atoms with Crippen molar-refractivity contribution < 1.29 is 62.4 Å². The normalized spacial score (nSPS) is 23.7. The van der Waals surface area contributed by atoms with Gasteiger partial charge in [0.25, 0.3) is 0 Å². The lowest BCUT2D eigenvalue weighted by atomic mass is 9.47. The molecular formula is C73H121N7O13. The second-order valence-electron chi connectivity index (χ2n) is 28.9. The van der Waals surface area contributed by atoms with E-state index < -0.39 is 5.41 Å². The summed E-state index contributed by atoms with van der Waals surface area (Å²) in [6, 6.07) is 6.39. The van der Waals surface area contributed by atoms with Crippen LogP contribution in [0.5, 0.6) is 0 Å². The van der Waals surface area contributed by atoms with Crippen molar-refractivity contribution >= 4 is 39.8 Å². The van der Waals surface area contributed by atoms with Gasteiger partial charge in [-0.3, -0.25) is 9.69 Å². The Morgan fingerprint density at radius 3 is 1.97 bits per heavy atom. The van der Waals surface area contributed by atoms with Crippen LogP contribution >= 0.6 is 0 Å². The molecule has 20 nitrogen and oxygen atoms in total. The Kier molecular flexibility index (Phi) is 30.7. The standard InChI is InChI=1S/C73H121N7O13/c1-8-9-15-65-77-67-68(80(65)51-71(5,52-81)53-82)60-18-16-56(49-64(60)76-69(67)74)14-11-28-78-29-31-79(32-30-78)66(83)24-33-85-35-37-87-39-41-89-43-45-91-47-48-92-46-44-90-42-40-88-38-36-86-34-27-75-70(84)93-58-22-25-72(6)57(50-58)17-19-59-62-21-20-61(55(4)13-10-12-54(2)3)73(62,7)26-23-63(59)72/h16-18,49,54-55,58-59,61-63,81-82H,8-15,19-48,50-53H2,1-7H3,(H2,74,76)(H,75,84)/t55-,58+,59+,61-,62+,63+,72+,73-/m1/s1. The first-order valence-electron chi connectivity index (χ1n) is 36.1. The Balaban J connectivity index is 0.542. The number of aryl methyl sites for hydroxylation is 2. The maximum Gasteiger partial charge on any atom is 0.407 e. The van der Waals surface area contributed by atoms with E-state index in [2.05, 4.69) is 80.6 Å². The fourth-order valence-electron chi connectivity index (χ4n) is 16.2. The summed E-state index contributed by atoms with van der Waals surface area (Å²) in [6.07, 6.45) is 21.0. The molecule has 5 N–H and O–H groups in total. The summed E-state index contributed by atoms with van der Waals surface area (Å²) in [5.74, 6) is 6.33. The third-order valence-corrected chi connectivity index (χ3v) is 21.7. The molecule has 2 amide bonds. The third kappa shape index (κ3) is 21.5. The summed E-state index contributed by atoms with van der Waals surface area (Å²) in [5, 5.41) is 24.2. The highest BCUT2D eigenvalue weighted by Gasteiger charge is 2.59. The number of aliphatic hydroxyl groups excluding tert-OH is 2. The predicted molar refractivity (Wildman–Crippen MR) is 364 cm³/mol. The molecule has 0 spiro atoms. The van der Waals surface area contributed by atoms with Gasteiger partial charge < -0.3 is 73.4 Å². The van der Waals surface area contributed by atoms with Crippen LogP contribution in [0.1, 0.15) is 156 Å². The number of imidazole rings is 1. The number of carbonyl (C=O) groups excluding carboxylic acids is 2. The molecule has 93 heavy (non-hydrogen) atoms. The number of fused-ring (bicyclic) bond motifs is 8. The predicted octanol–water partition coefficient (Wildman–Crippen LogP) is 10.2. The summed E-state index contributed by atoms with van der Waals surface area (Å²) < 4.78 is 53.2. The van der Waals surface area contributed by atoms with Crippen LogP contribution in [-0.4, -0.2) is 211 Å². The number of pyridine rings is 1. The van der Waals surface area contributed by atoms with Gasteiger partial charge in [0, 0.05) is 62.9 Å². The Morgan fingerprint density at radius 1 is 0.731 bits per heavy atom. The largest absolute Gasteiger partial charge is 0.446 e. The van der Waals surface area contributed by atoms with E-state index >= 15 is 0 Å². The van der Waals surface area contributed by atoms with Crippen LogP contribution in [0, 0.1) is 51.8 Å². The fraction of sp³-hybridized carbons (Fsp3) is 0.808. The van der Waals surface area contributed by atoms with Gasteiger partial charge in [-0.2, -0.15) is 0 Å². The highest BCUT2D eigenvalue weighted by molar-refractivity contribution is 6.06. The van der Waals surface area contributed by atoms with Crippen LogP contribution in [0.3, 0.4) is 0 Å². The van der Waals surface area contributed by atoms with Gasteiger partial charge in [-0.05, 0) is 129 Å². The second-order valence-corrected chi connectivity index (χ2v) is 28.9. The van der Waals surface area contributed by atoms with E-state index in [0.717, 1.165) is 129 Å². The number of nitrogens with two attached hydrogens (primary N) is 1.